The highest BCUT2D eigenvalue weighted by molar-refractivity contribution is 5.83. The number of carbonyl (C=O) groups excluding carboxylic acids is 1. The summed E-state index contributed by atoms with van der Waals surface area (Å²) >= 11 is 0. The Hall–Kier alpha value is -1.85. The van der Waals surface area contributed by atoms with Gasteiger partial charge in [0, 0.05) is 30.6 Å². The lowest BCUT2D eigenvalue weighted by Gasteiger charge is -2.62. The van der Waals surface area contributed by atoms with Crippen LogP contribution in [-0.4, -0.2) is 56.2 Å². The average Bonchev–Trinajstić information content (AvgIpc) is 3.11. The lowest BCUT2D eigenvalue weighted by molar-refractivity contribution is -0.183. The Labute approximate surface area is 179 Å². The molecule has 1 aromatic carbocycles. The number of methoxy groups -OCH3 is 2. The highest BCUT2D eigenvalue weighted by atomic mass is 16.6. The smallest absolute Gasteiger partial charge is 0.165 e. The lowest BCUT2D eigenvalue weighted by Crippen LogP contribution is -2.72. The highest BCUT2D eigenvalue weighted by Crippen LogP contribution is 2.67. The summed E-state index contributed by atoms with van der Waals surface area (Å²) in [7, 11) is 5.64. The number of benzene rings is 1. The Bertz CT molecular complexity index is 897. The van der Waals surface area contributed by atoms with Gasteiger partial charge in [-0.25, -0.2) is 0 Å². The second-order valence-electron chi connectivity index (χ2n) is 9.54. The van der Waals surface area contributed by atoms with Crippen LogP contribution in [0, 0.1) is 11.8 Å². The largest absolute Gasteiger partial charge is 0.493 e. The molecule has 2 aliphatic carbocycles. The van der Waals surface area contributed by atoms with Crippen LogP contribution in [0.25, 0.3) is 0 Å². The zero-order valence-electron chi connectivity index (χ0n) is 18.6. The fourth-order valence-electron chi connectivity index (χ4n) is 7.31. The topological polar surface area (TPSA) is 48.0 Å². The van der Waals surface area contributed by atoms with Crippen LogP contribution in [0.3, 0.4) is 0 Å². The summed E-state index contributed by atoms with van der Waals surface area (Å²) in [5.41, 5.74) is 1.67. The van der Waals surface area contributed by atoms with Crippen molar-refractivity contribution in [1.82, 2.24) is 4.90 Å². The molecule has 0 aromatic heterocycles. The van der Waals surface area contributed by atoms with Crippen molar-refractivity contribution >= 4 is 5.78 Å². The third-order valence-corrected chi connectivity index (χ3v) is 8.60. The number of piperidine rings is 1. The van der Waals surface area contributed by atoms with Crippen LogP contribution in [0.2, 0.25) is 0 Å². The average molecular weight is 412 g/mol. The third-order valence-electron chi connectivity index (χ3n) is 8.60. The number of ketones is 1. The molecular weight excluding hydrogens is 378 g/mol. The van der Waals surface area contributed by atoms with E-state index in [1.165, 1.54) is 11.1 Å². The molecule has 5 rings (SSSR count). The van der Waals surface area contributed by atoms with E-state index in [0.717, 1.165) is 43.7 Å². The minimum Gasteiger partial charge on any atom is -0.493 e. The molecule has 0 amide bonds. The molecule has 1 saturated carbocycles. The van der Waals surface area contributed by atoms with E-state index in [4.69, 9.17) is 14.2 Å². The summed E-state index contributed by atoms with van der Waals surface area (Å²) in [6.07, 6.45) is 5.82. The van der Waals surface area contributed by atoms with Gasteiger partial charge >= 0.3 is 0 Å². The van der Waals surface area contributed by atoms with Gasteiger partial charge in [-0.15, -0.1) is 6.58 Å². The van der Waals surface area contributed by atoms with Crippen LogP contribution < -0.4 is 9.47 Å². The molecule has 30 heavy (non-hydrogen) atoms. The fourth-order valence-corrected chi connectivity index (χ4v) is 7.31. The van der Waals surface area contributed by atoms with Gasteiger partial charge in [-0.3, -0.25) is 4.79 Å². The highest BCUT2D eigenvalue weighted by Gasteiger charge is 2.72. The summed E-state index contributed by atoms with van der Waals surface area (Å²) in [6.45, 7) is 7.25. The van der Waals surface area contributed by atoms with Crippen molar-refractivity contribution in [3.63, 3.8) is 0 Å². The molecule has 162 valence electrons. The van der Waals surface area contributed by atoms with Crippen molar-refractivity contribution in [2.45, 2.75) is 62.2 Å². The Kier molecular flexibility index (Phi) is 4.57. The van der Waals surface area contributed by atoms with Crippen LogP contribution in [0.4, 0.5) is 0 Å². The zero-order chi connectivity index (χ0) is 21.3. The first kappa shape index (κ1) is 20.1. The fraction of sp³-hybridized carbons (Fsp3) is 0.640. The van der Waals surface area contributed by atoms with Crippen molar-refractivity contribution in [2.75, 3.05) is 27.8 Å². The van der Waals surface area contributed by atoms with E-state index in [2.05, 4.69) is 31.5 Å². The molecule has 6 atom stereocenters. The molecule has 0 radical (unpaired) electrons. The first-order valence-corrected chi connectivity index (χ1v) is 11.3. The second-order valence-corrected chi connectivity index (χ2v) is 9.54. The van der Waals surface area contributed by atoms with Crippen LogP contribution >= 0.6 is 0 Å². The predicted molar refractivity (Wildman–Crippen MR) is 115 cm³/mol. The van der Waals surface area contributed by atoms with E-state index in [1.807, 2.05) is 12.1 Å². The van der Waals surface area contributed by atoms with Crippen molar-refractivity contribution in [3.8, 4) is 11.5 Å². The van der Waals surface area contributed by atoms with E-state index in [-0.39, 0.29) is 23.2 Å². The van der Waals surface area contributed by atoms with Gasteiger partial charge in [-0.2, -0.15) is 0 Å². The first-order chi connectivity index (χ1) is 14.5. The van der Waals surface area contributed by atoms with Gasteiger partial charge in [-0.05, 0) is 56.8 Å². The molecule has 5 heteroatoms. The van der Waals surface area contributed by atoms with Crippen molar-refractivity contribution in [3.05, 3.63) is 35.9 Å². The maximum absolute atomic E-state index is 13.4. The Morgan fingerprint density at radius 3 is 2.87 bits per heavy atom. The lowest BCUT2D eigenvalue weighted by atomic mass is 9.46. The molecular formula is C25H33NO4. The van der Waals surface area contributed by atoms with Gasteiger partial charge in [0.2, 0.25) is 0 Å². The van der Waals surface area contributed by atoms with Gasteiger partial charge in [0.05, 0.1) is 13.0 Å². The second kappa shape index (κ2) is 6.83. The Balaban J connectivity index is 1.76. The molecule has 2 aliphatic heterocycles. The first-order valence-electron chi connectivity index (χ1n) is 11.3. The molecule has 1 saturated heterocycles. The van der Waals surface area contributed by atoms with Crippen LogP contribution in [0.5, 0.6) is 11.5 Å². The molecule has 2 bridgehead atoms. The maximum atomic E-state index is 13.4. The van der Waals surface area contributed by atoms with Gasteiger partial charge in [-0.1, -0.05) is 19.1 Å². The number of likely N-dealkylation sites (N-methyl/N-ethyl adjacent to an activating group) is 1. The number of hydrogen-bond acceptors (Lipinski definition) is 5. The molecule has 5 nitrogen and oxygen atoms in total. The Morgan fingerprint density at radius 1 is 1.40 bits per heavy atom. The van der Waals surface area contributed by atoms with Crippen molar-refractivity contribution in [1.29, 1.82) is 0 Å². The number of rotatable bonds is 6. The number of Topliss-reactive ketones (excluding diaryl/α,β-unsaturated/α-hetero) is 1. The minimum atomic E-state index is -0.831. The van der Waals surface area contributed by atoms with Gasteiger partial charge in [0.15, 0.2) is 11.5 Å². The molecule has 1 spiro atoms. The van der Waals surface area contributed by atoms with Gasteiger partial charge < -0.3 is 19.1 Å². The van der Waals surface area contributed by atoms with E-state index in [1.54, 1.807) is 14.2 Å². The van der Waals surface area contributed by atoms with Crippen molar-refractivity contribution < 1.29 is 19.0 Å². The molecule has 2 fully saturated rings. The predicted octanol–water partition coefficient (Wildman–Crippen LogP) is 3.53. The van der Waals surface area contributed by atoms with E-state index >= 15 is 0 Å². The summed E-state index contributed by atoms with van der Waals surface area (Å²) in [6, 6.07) is 4.65. The number of carbonyl (C=O) groups is 1. The van der Waals surface area contributed by atoms with Gasteiger partial charge in [0.25, 0.3) is 0 Å². The van der Waals surface area contributed by atoms with E-state index in [0.29, 0.717) is 18.4 Å². The van der Waals surface area contributed by atoms with Crippen molar-refractivity contribution in [2.24, 2.45) is 11.8 Å². The Morgan fingerprint density at radius 2 is 2.20 bits per heavy atom. The van der Waals surface area contributed by atoms with E-state index in [9.17, 15) is 4.79 Å². The molecule has 1 unspecified atom stereocenters. The third kappa shape index (κ3) is 2.23. The quantitative estimate of drug-likeness (QED) is 0.670. The summed E-state index contributed by atoms with van der Waals surface area (Å²) in [5, 5.41) is 0. The number of nitrogens with zero attached hydrogens (tertiary/aromatic N) is 1. The minimum absolute atomic E-state index is 0.165. The number of hydrogen-bond donors (Lipinski definition) is 0. The monoisotopic (exact) mass is 411 g/mol. The normalized spacial score (nSPS) is 38.5. The summed E-state index contributed by atoms with van der Waals surface area (Å²) in [5.74, 6) is 2.03. The molecule has 0 N–H and O–H groups in total. The van der Waals surface area contributed by atoms with Crippen LogP contribution in [0.15, 0.2) is 24.8 Å². The summed E-state index contributed by atoms with van der Waals surface area (Å²) < 4.78 is 18.7. The molecule has 1 aromatic rings. The zero-order valence-corrected chi connectivity index (χ0v) is 18.6. The number of ether oxygens (including phenoxy) is 3. The number of likely N-dealkylation sites (tertiary alicyclic amines) is 1. The van der Waals surface area contributed by atoms with Crippen LogP contribution in [-0.2, 0) is 21.4 Å². The molecule has 2 heterocycles. The van der Waals surface area contributed by atoms with Crippen LogP contribution in [0.1, 0.15) is 43.7 Å². The summed E-state index contributed by atoms with van der Waals surface area (Å²) in [4.78, 5) is 15.9. The SMILES string of the molecule is C=C[C@@]1(OC)[C@@H](C(=O)CCC)CC2[C@H]3Cc4ccc(OC)c5c4[C@@]2(CCN3C)[C@H]1O5. The standard InChI is InChI=1S/C25H33NO4/c1-6-8-19(27)17-14-16-18-13-15-9-10-20(28-4)22-21(15)24(16,11-12-26(18)3)23(30-22)25(17,7-2)29-5/h7,9-10,16-18,23H,2,6,8,11-14H2,1,3-5H3/t16?,17-,18-,23-,24+,25-/m1/s1. The van der Waals surface area contributed by atoms with E-state index < -0.39 is 5.60 Å². The van der Waals surface area contributed by atoms with Gasteiger partial charge in [0.1, 0.15) is 17.5 Å². The molecule has 4 aliphatic rings. The maximum Gasteiger partial charge on any atom is 0.165 e.